The number of rotatable bonds is 8. The summed E-state index contributed by atoms with van der Waals surface area (Å²) in [6, 6.07) is 5.14. The summed E-state index contributed by atoms with van der Waals surface area (Å²) in [5.74, 6) is 1.74. The van der Waals surface area contributed by atoms with Crippen LogP contribution in [0.5, 0.6) is 11.5 Å². The SMILES string of the molecule is CCCc1cc(=O)oc2c(-c3ccnc(N(CC)CC)n3)c(OC)cc(OC)c12.Cl. The predicted octanol–water partition coefficient (Wildman–Crippen LogP) is 4.49. The standard InChI is InChI=1S/C22H27N3O4.ClH/c1-6-9-14-12-18(26)29-21-19(14)16(27-4)13-17(28-5)20(21)15-10-11-23-22(24-15)25(7-2)8-3;/h10-13H,6-9H2,1-5H3;1H. The number of nitrogens with zero attached hydrogens (tertiary/aromatic N) is 3. The van der Waals surface area contributed by atoms with Gasteiger partial charge in [0.2, 0.25) is 5.95 Å². The Balaban J connectivity index is 0.00000320. The zero-order chi connectivity index (χ0) is 21.0. The van der Waals surface area contributed by atoms with Crippen LogP contribution in [0, 0.1) is 0 Å². The predicted molar refractivity (Wildman–Crippen MR) is 121 cm³/mol. The molecule has 2 heterocycles. The number of hydrogen-bond donors (Lipinski definition) is 0. The minimum Gasteiger partial charge on any atom is -0.496 e. The maximum Gasteiger partial charge on any atom is 0.336 e. The normalized spacial score (nSPS) is 10.6. The van der Waals surface area contributed by atoms with Gasteiger partial charge in [-0.15, -0.1) is 12.4 Å². The Hall–Kier alpha value is -2.80. The van der Waals surface area contributed by atoms with Gasteiger partial charge in [-0.1, -0.05) is 13.3 Å². The minimum atomic E-state index is -0.407. The molecule has 3 aromatic rings. The molecule has 0 unspecified atom stereocenters. The fourth-order valence-corrected chi connectivity index (χ4v) is 3.54. The topological polar surface area (TPSA) is 77.7 Å². The number of aromatic nitrogens is 2. The highest BCUT2D eigenvalue weighted by Gasteiger charge is 2.22. The lowest BCUT2D eigenvalue weighted by Crippen LogP contribution is -2.24. The Morgan fingerprint density at radius 3 is 2.37 bits per heavy atom. The second kappa shape index (κ2) is 10.3. The number of halogens is 1. The van der Waals surface area contributed by atoms with Crippen LogP contribution >= 0.6 is 12.4 Å². The van der Waals surface area contributed by atoms with E-state index >= 15 is 0 Å². The van der Waals surface area contributed by atoms with E-state index in [1.165, 1.54) is 6.07 Å². The number of fused-ring (bicyclic) bond motifs is 1. The van der Waals surface area contributed by atoms with Gasteiger partial charge >= 0.3 is 5.63 Å². The van der Waals surface area contributed by atoms with Crippen molar-refractivity contribution < 1.29 is 13.9 Å². The van der Waals surface area contributed by atoms with E-state index < -0.39 is 5.63 Å². The van der Waals surface area contributed by atoms with E-state index in [1.807, 2.05) is 6.07 Å². The molecule has 0 fully saturated rings. The van der Waals surface area contributed by atoms with Crippen molar-refractivity contribution in [2.24, 2.45) is 0 Å². The molecule has 0 spiro atoms. The fourth-order valence-electron chi connectivity index (χ4n) is 3.54. The highest BCUT2D eigenvalue weighted by atomic mass is 35.5. The Kier molecular flexibility index (Phi) is 8.06. The minimum absolute atomic E-state index is 0. The van der Waals surface area contributed by atoms with Crippen LogP contribution in [0.4, 0.5) is 5.95 Å². The van der Waals surface area contributed by atoms with Gasteiger partial charge in [-0.3, -0.25) is 0 Å². The lowest BCUT2D eigenvalue weighted by Gasteiger charge is -2.20. The van der Waals surface area contributed by atoms with Crippen molar-refractivity contribution in [3.8, 4) is 22.8 Å². The van der Waals surface area contributed by atoms with Crippen molar-refractivity contribution >= 4 is 29.3 Å². The molecule has 0 aliphatic heterocycles. The molecule has 0 aliphatic rings. The van der Waals surface area contributed by atoms with Crippen LogP contribution in [-0.2, 0) is 6.42 Å². The molecule has 0 saturated carbocycles. The third kappa shape index (κ3) is 4.36. The fraction of sp³-hybridized carbons (Fsp3) is 0.409. The number of anilines is 1. The van der Waals surface area contributed by atoms with Gasteiger partial charge < -0.3 is 18.8 Å². The third-order valence-electron chi connectivity index (χ3n) is 4.93. The molecule has 2 aromatic heterocycles. The number of ether oxygens (including phenoxy) is 2. The van der Waals surface area contributed by atoms with Crippen molar-refractivity contribution in [1.29, 1.82) is 0 Å². The van der Waals surface area contributed by atoms with Crippen LogP contribution in [0.15, 0.2) is 33.6 Å². The summed E-state index contributed by atoms with van der Waals surface area (Å²) >= 11 is 0. The summed E-state index contributed by atoms with van der Waals surface area (Å²) < 4.78 is 16.9. The van der Waals surface area contributed by atoms with Gasteiger partial charge in [-0.25, -0.2) is 14.8 Å². The van der Waals surface area contributed by atoms with Gasteiger partial charge in [-0.2, -0.15) is 0 Å². The van der Waals surface area contributed by atoms with Gasteiger partial charge in [0.15, 0.2) is 5.58 Å². The number of methoxy groups -OCH3 is 2. The van der Waals surface area contributed by atoms with Crippen molar-refractivity contribution in [3.05, 3.63) is 40.4 Å². The van der Waals surface area contributed by atoms with Crippen LogP contribution in [0.1, 0.15) is 32.8 Å². The van der Waals surface area contributed by atoms with Crippen LogP contribution in [0.3, 0.4) is 0 Å². The molecule has 1 aromatic carbocycles. The second-order valence-electron chi connectivity index (χ2n) is 6.62. The Morgan fingerprint density at radius 2 is 1.77 bits per heavy atom. The first-order valence-corrected chi connectivity index (χ1v) is 9.87. The van der Waals surface area contributed by atoms with Gasteiger partial charge in [-0.05, 0) is 31.9 Å². The van der Waals surface area contributed by atoms with Crippen molar-refractivity contribution in [3.63, 3.8) is 0 Å². The van der Waals surface area contributed by atoms with Crippen molar-refractivity contribution in [2.45, 2.75) is 33.6 Å². The first-order chi connectivity index (χ1) is 14.1. The molecule has 0 N–H and O–H groups in total. The first-order valence-electron chi connectivity index (χ1n) is 9.87. The Morgan fingerprint density at radius 1 is 1.07 bits per heavy atom. The Bertz CT molecular complexity index is 1060. The molecule has 8 heteroatoms. The summed E-state index contributed by atoms with van der Waals surface area (Å²) in [6.07, 6.45) is 3.33. The summed E-state index contributed by atoms with van der Waals surface area (Å²) in [6.45, 7) is 7.75. The van der Waals surface area contributed by atoms with Crippen LogP contribution < -0.4 is 20.0 Å². The van der Waals surface area contributed by atoms with E-state index in [0.717, 1.165) is 36.9 Å². The van der Waals surface area contributed by atoms with Gasteiger partial charge in [0.05, 0.1) is 30.9 Å². The molecule has 3 rings (SSSR count). The molecule has 0 amide bonds. The van der Waals surface area contributed by atoms with Crippen molar-refractivity contribution in [2.75, 3.05) is 32.2 Å². The number of hydrogen-bond acceptors (Lipinski definition) is 7. The maximum atomic E-state index is 12.3. The largest absolute Gasteiger partial charge is 0.496 e. The van der Waals surface area contributed by atoms with Gasteiger partial charge in [0.25, 0.3) is 0 Å². The lowest BCUT2D eigenvalue weighted by atomic mass is 9.99. The molecule has 0 saturated heterocycles. The molecule has 0 bridgehead atoms. The summed E-state index contributed by atoms with van der Waals surface area (Å²) in [5, 5.41) is 0.771. The average Bonchev–Trinajstić information content (AvgIpc) is 2.73. The highest BCUT2D eigenvalue weighted by Crippen LogP contribution is 2.42. The maximum absolute atomic E-state index is 12.3. The van der Waals surface area contributed by atoms with E-state index in [-0.39, 0.29) is 12.4 Å². The summed E-state index contributed by atoms with van der Waals surface area (Å²) in [5.41, 5.74) is 2.15. The quantitative estimate of drug-likeness (QED) is 0.484. The number of aryl methyl sites for hydroxylation is 1. The molecular formula is C22H28ClN3O4. The van der Waals surface area contributed by atoms with Gasteiger partial charge in [0.1, 0.15) is 11.5 Å². The van der Waals surface area contributed by atoms with E-state index in [0.29, 0.717) is 34.3 Å². The third-order valence-corrected chi connectivity index (χ3v) is 4.93. The molecule has 30 heavy (non-hydrogen) atoms. The molecular weight excluding hydrogens is 406 g/mol. The zero-order valence-corrected chi connectivity index (χ0v) is 18.8. The first kappa shape index (κ1) is 23.5. The summed E-state index contributed by atoms with van der Waals surface area (Å²) in [4.78, 5) is 23.5. The van der Waals surface area contributed by atoms with E-state index in [1.54, 1.807) is 26.5 Å². The van der Waals surface area contributed by atoms with Crippen molar-refractivity contribution in [1.82, 2.24) is 9.97 Å². The second-order valence-corrected chi connectivity index (χ2v) is 6.62. The summed E-state index contributed by atoms with van der Waals surface area (Å²) in [7, 11) is 3.17. The smallest absolute Gasteiger partial charge is 0.336 e. The van der Waals surface area contributed by atoms with E-state index in [9.17, 15) is 4.79 Å². The van der Waals surface area contributed by atoms with Crippen LogP contribution in [-0.4, -0.2) is 37.3 Å². The molecule has 7 nitrogen and oxygen atoms in total. The van der Waals surface area contributed by atoms with E-state index in [4.69, 9.17) is 18.9 Å². The van der Waals surface area contributed by atoms with Gasteiger partial charge in [0, 0.05) is 31.4 Å². The lowest BCUT2D eigenvalue weighted by molar-refractivity contribution is 0.396. The molecule has 162 valence electrons. The van der Waals surface area contributed by atoms with Crippen LogP contribution in [0.2, 0.25) is 0 Å². The van der Waals surface area contributed by atoms with E-state index in [2.05, 4.69) is 30.7 Å². The van der Waals surface area contributed by atoms with Crippen LogP contribution in [0.25, 0.3) is 22.2 Å². The monoisotopic (exact) mass is 433 g/mol. The molecule has 0 atom stereocenters. The highest BCUT2D eigenvalue weighted by molar-refractivity contribution is 6.00. The molecule has 0 aliphatic carbocycles. The Labute approximate surface area is 182 Å². The molecule has 0 radical (unpaired) electrons. The average molecular weight is 434 g/mol. The number of benzene rings is 1. The zero-order valence-electron chi connectivity index (χ0n) is 18.0.